The summed E-state index contributed by atoms with van der Waals surface area (Å²) in [5.41, 5.74) is 6.90. The quantitative estimate of drug-likeness (QED) is 0.594. The highest BCUT2D eigenvalue weighted by Gasteiger charge is 2.03. The van der Waals surface area contributed by atoms with Crippen molar-refractivity contribution in [3.8, 4) is 0 Å². The minimum Gasteiger partial charge on any atom is -0.399 e. The van der Waals surface area contributed by atoms with Gasteiger partial charge in [0.1, 0.15) is 0 Å². The van der Waals surface area contributed by atoms with Crippen molar-refractivity contribution in [3.05, 3.63) is 33.8 Å². The molecule has 1 rings (SSSR count). The van der Waals surface area contributed by atoms with E-state index in [2.05, 4.69) is 12.6 Å². The van der Waals surface area contributed by atoms with Gasteiger partial charge in [0.05, 0.1) is 10.0 Å². The van der Waals surface area contributed by atoms with Crippen LogP contribution in [0.15, 0.2) is 18.2 Å². The zero-order chi connectivity index (χ0) is 9.84. The van der Waals surface area contributed by atoms with E-state index in [4.69, 9.17) is 28.9 Å². The number of nitrogens with two attached hydrogens (primary N) is 1. The molecule has 0 heterocycles. The molecule has 13 heavy (non-hydrogen) atoms. The molecule has 0 aliphatic carbocycles. The van der Waals surface area contributed by atoms with E-state index in [9.17, 15) is 0 Å². The highest BCUT2D eigenvalue weighted by Crippen LogP contribution is 2.28. The van der Waals surface area contributed by atoms with Crippen LogP contribution < -0.4 is 5.73 Å². The number of benzene rings is 1. The van der Waals surface area contributed by atoms with Gasteiger partial charge in [-0.05, 0) is 12.1 Å². The third-order valence-electron chi connectivity index (χ3n) is 1.49. The maximum atomic E-state index is 5.93. The molecule has 0 aliphatic rings. The SMILES string of the molecule is Nc1cc(Cl)c(C=CCS)c(Cl)c1. The number of rotatable bonds is 2. The Labute approximate surface area is 92.9 Å². The fourth-order valence-electron chi connectivity index (χ4n) is 0.934. The fraction of sp³-hybridized carbons (Fsp3) is 0.111. The second-order valence-corrected chi connectivity index (χ2v) is 3.66. The van der Waals surface area contributed by atoms with E-state index in [1.807, 2.05) is 12.2 Å². The van der Waals surface area contributed by atoms with Crippen LogP contribution >= 0.6 is 35.8 Å². The normalized spacial score (nSPS) is 11.0. The second-order valence-electron chi connectivity index (χ2n) is 2.48. The molecule has 0 unspecified atom stereocenters. The molecule has 4 heteroatoms. The summed E-state index contributed by atoms with van der Waals surface area (Å²) in [5.74, 6) is 0.650. The molecule has 2 N–H and O–H groups in total. The van der Waals surface area contributed by atoms with E-state index in [0.29, 0.717) is 21.5 Å². The van der Waals surface area contributed by atoms with Crippen LogP contribution in [0.25, 0.3) is 6.08 Å². The van der Waals surface area contributed by atoms with Gasteiger partial charge in [0.2, 0.25) is 0 Å². The van der Waals surface area contributed by atoms with E-state index in [1.165, 1.54) is 0 Å². The van der Waals surface area contributed by atoms with Crippen molar-refractivity contribution < 1.29 is 0 Å². The molecule has 1 aromatic carbocycles. The lowest BCUT2D eigenvalue weighted by atomic mass is 10.2. The third kappa shape index (κ3) is 2.83. The number of hydrogen-bond donors (Lipinski definition) is 2. The molecule has 0 aliphatic heterocycles. The van der Waals surface area contributed by atoms with Crippen LogP contribution in [-0.4, -0.2) is 5.75 Å². The molecule has 0 atom stereocenters. The maximum absolute atomic E-state index is 5.93. The maximum Gasteiger partial charge on any atom is 0.0513 e. The zero-order valence-electron chi connectivity index (χ0n) is 6.80. The molecule has 0 fully saturated rings. The molecule has 0 spiro atoms. The number of thiol groups is 1. The van der Waals surface area contributed by atoms with Gasteiger partial charge in [-0.15, -0.1) is 0 Å². The van der Waals surface area contributed by atoms with Gasteiger partial charge in [-0.2, -0.15) is 12.6 Å². The van der Waals surface area contributed by atoms with E-state index in [1.54, 1.807) is 12.1 Å². The van der Waals surface area contributed by atoms with Gasteiger partial charge in [0.25, 0.3) is 0 Å². The molecule has 1 aromatic rings. The summed E-state index contributed by atoms with van der Waals surface area (Å²) in [5, 5.41) is 1.12. The predicted molar refractivity (Wildman–Crippen MR) is 63.8 cm³/mol. The van der Waals surface area contributed by atoms with Crippen LogP contribution in [0.3, 0.4) is 0 Å². The lowest BCUT2D eigenvalue weighted by Gasteiger charge is -2.02. The molecule has 1 nitrogen and oxygen atoms in total. The van der Waals surface area contributed by atoms with Gasteiger partial charge < -0.3 is 5.73 Å². The predicted octanol–water partition coefficient (Wildman–Crippen LogP) is 3.52. The molecule has 0 radical (unpaired) electrons. The molecule has 0 saturated carbocycles. The largest absolute Gasteiger partial charge is 0.399 e. The molecular formula is C9H9Cl2NS. The number of anilines is 1. The Balaban J connectivity index is 3.13. The van der Waals surface area contributed by atoms with Gasteiger partial charge >= 0.3 is 0 Å². The molecule has 0 bridgehead atoms. The molecule has 0 amide bonds. The lowest BCUT2D eigenvalue weighted by Crippen LogP contribution is -1.87. The van der Waals surface area contributed by atoms with E-state index >= 15 is 0 Å². The summed E-state index contributed by atoms with van der Waals surface area (Å²) >= 11 is 15.9. The summed E-state index contributed by atoms with van der Waals surface area (Å²) in [4.78, 5) is 0. The van der Waals surface area contributed by atoms with Gasteiger partial charge in [-0.1, -0.05) is 35.4 Å². The fourth-order valence-corrected chi connectivity index (χ4v) is 1.67. The van der Waals surface area contributed by atoms with Crippen molar-refractivity contribution in [2.45, 2.75) is 0 Å². The third-order valence-corrected chi connectivity index (χ3v) is 2.33. The summed E-state index contributed by atoms with van der Waals surface area (Å²) in [7, 11) is 0. The summed E-state index contributed by atoms with van der Waals surface area (Å²) < 4.78 is 0. The zero-order valence-corrected chi connectivity index (χ0v) is 9.20. The molecule has 0 saturated heterocycles. The van der Waals surface area contributed by atoms with Gasteiger partial charge in [-0.3, -0.25) is 0 Å². The monoisotopic (exact) mass is 233 g/mol. The van der Waals surface area contributed by atoms with Crippen LogP contribution in [0.5, 0.6) is 0 Å². The Hall–Kier alpha value is -0.310. The summed E-state index contributed by atoms with van der Waals surface area (Å²) in [6.07, 6.45) is 3.70. The number of halogens is 2. The first-order valence-electron chi connectivity index (χ1n) is 3.67. The first-order valence-corrected chi connectivity index (χ1v) is 5.06. The van der Waals surface area contributed by atoms with Crippen LogP contribution in [-0.2, 0) is 0 Å². The van der Waals surface area contributed by atoms with Crippen molar-refractivity contribution in [2.75, 3.05) is 11.5 Å². The van der Waals surface area contributed by atoms with Crippen molar-refractivity contribution >= 4 is 47.6 Å². The lowest BCUT2D eigenvalue weighted by molar-refractivity contribution is 1.63. The average Bonchev–Trinajstić information content (AvgIpc) is 2.02. The van der Waals surface area contributed by atoms with Crippen molar-refractivity contribution in [3.63, 3.8) is 0 Å². The average molecular weight is 234 g/mol. The minimum atomic E-state index is 0.558. The summed E-state index contributed by atoms with van der Waals surface area (Å²) in [6.45, 7) is 0. The Bertz CT molecular complexity index is 313. The first-order chi connectivity index (χ1) is 6.15. The molecular weight excluding hydrogens is 225 g/mol. The van der Waals surface area contributed by atoms with Crippen LogP contribution in [0.2, 0.25) is 10.0 Å². The van der Waals surface area contributed by atoms with Crippen LogP contribution in [0, 0.1) is 0 Å². The van der Waals surface area contributed by atoms with Crippen molar-refractivity contribution in [1.29, 1.82) is 0 Å². The van der Waals surface area contributed by atoms with Crippen molar-refractivity contribution in [1.82, 2.24) is 0 Å². The van der Waals surface area contributed by atoms with Gasteiger partial charge in [0, 0.05) is 17.0 Å². The van der Waals surface area contributed by atoms with Crippen molar-refractivity contribution in [2.24, 2.45) is 0 Å². The van der Waals surface area contributed by atoms with Crippen LogP contribution in [0.4, 0.5) is 5.69 Å². The Kier molecular flexibility index (Phi) is 3.97. The number of hydrogen-bond acceptors (Lipinski definition) is 2. The Morgan fingerprint density at radius 2 is 1.85 bits per heavy atom. The molecule has 70 valence electrons. The topological polar surface area (TPSA) is 26.0 Å². The highest BCUT2D eigenvalue weighted by molar-refractivity contribution is 7.80. The van der Waals surface area contributed by atoms with E-state index in [0.717, 1.165) is 5.56 Å². The van der Waals surface area contributed by atoms with Gasteiger partial charge in [-0.25, -0.2) is 0 Å². The first kappa shape index (κ1) is 10.8. The van der Waals surface area contributed by atoms with E-state index in [-0.39, 0.29) is 0 Å². The van der Waals surface area contributed by atoms with E-state index < -0.39 is 0 Å². The standard InChI is InChI=1S/C9H9Cl2NS/c10-8-4-6(12)5-9(11)7(8)2-1-3-13/h1-2,4-5,13H,3,12H2. The second kappa shape index (κ2) is 4.80. The smallest absolute Gasteiger partial charge is 0.0513 e. The highest BCUT2D eigenvalue weighted by atomic mass is 35.5. The Morgan fingerprint density at radius 3 is 2.31 bits per heavy atom. The van der Waals surface area contributed by atoms with Gasteiger partial charge in [0.15, 0.2) is 0 Å². The van der Waals surface area contributed by atoms with Crippen LogP contribution in [0.1, 0.15) is 5.56 Å². The summed E-state index contributed by atoms with van der Waals surface area (Å²) in [6, 6.07) is 3.34. The molecule has 0 aromatic heterocycles. The minimum absolute atomic E-state index is 0.558. The Morgan fingerprint density at radius 1 is 1.31 bits per heavy atom. The number of nitrogen functional groups attached to an aromatic ring is 1.